The van der Waals surface area contributed by atoms with Crippen LogP contribution in [-0.2, 0) is 4.79 Å². The molecule has 0 spiro atoms. The fourth-order valence-electron chi connectivity index (χ4n) is 1.46. The van der Waals surface area contributed by atoms with E-state index in [-0.39, 0.29) is 25.6 Å². The van der Waals surface area contributed by atoms with Gasteiger partial charge >= 0.3 is 5.97 Å². The van der Waals surface area contributed by atoms with Gasteiger partial charge in [0.05, 0.1) is 19.8 Å². The first-order valence-corrected chi connectivity index (χ1v) is 6.69. The molecule has 0 aromatic heterocycles. The Morgan fingerprint density at radius 1 is 1.05 bits per heavy atom. The number of aliphatic hydroxyl groups excluding tert-OH is 3. The fourth-order valence-corrected chi connectivity index (χ4v) is 1.46. The van der Waals surface area contributed by atoms with Gasteiger partial charge < -0.3 is 25.2 Å². The first-order chi connectivity index (χ1) is 10.5. The molecule has 0 radical (unpaired) electrons. The van der Waals surface area contributed by atoms with Gasteiger partial charge in [-0.05, 0) is 12.1 Å². The van der Waals surface area contributed by atoms with Crippen LogP contribution in [0.5, 0.6) is 5.75 Å². The van der Waals surface area contributed by atoms with Gasteiger partial charge in [0.25, 0.3) is 0 Å². The normalized spacial score (nSPS) is 10.0. The van der Waals surface area contributed by atoms with Crippen LogP contribution >= 0.6 is 0 Å². The third kappa shape index (κ3) is 10.1. The van der Waals surface area contributed by atoms with Crippen LogP contribution in [0, 0.1) is 5.82 Å². The summed E-state index contributed by atoms with van der Waals surface area (Å²) in [6.07, 6.45) is 0. The molecule has 0 aliphatic rings. The van der Waals surface area contributed by atoms with E-state index in [1.165, 1.54) is 18.2 Å². The number of carboxylic acid groups (broad SMARTS) is 1. The lowest BCUT2D eigenvalue weighted by Crippen LogP contribution is -2.32. The third-order valence-corrected chi connectivity index (χ3v) is 2.44. The first-order valence-electron chi connectivity index (χ1n) is 6.69. The molecule has 0 heterocycles. The van der Waals surface area contributed by atoms with Crippen molar-refractivity contribution < 1.29 is 34.3 Å². The summed E-state index contributed by atoms with van der Waals surface area (Å²) in [5.41, 5.74) is 0. The number of carboxylic acids is 1. The zero-order valence-corrected chi connectivity index (χ0v) is 12.2. The zero-order chi connectivity index (χ0) is 16.8. The van der Waals surface area contributed by atoms with Gasteiger partial charge in [-0.2, -0.15) is 0 Å². The summed E-state index contributed by atoms with van der Waals surface area (Å²) in [5.74, 6) is -1.73. The second kappa shape index (κ2) is 13.0. The topological polar surface area (TPSA) is 110 Å². The van der Waals surface area contributed by atoms with Crippen LogP contribution in [0.2, 0.25) is 0 Å². The van der Waals surface area contributed by atoms with Gasteiger partial charge in [-0.3, -0.25) is 4.90 Å². The molecule has 1 aromatic rings. The number of rotatable bonds is 9. The highest BCUT2D eigenvalue weighted by molar-refractivity contribution is 5.68. The summed E-state index contributed by atoms with van der Waals surface area (Å²) >= 11 is 0. The number of aliphatic carboxylic acids is 1. The standard InChI is InChI=1S/C8H7FO3.C6H15NO3/c9-6-3-1-2-4-7(6)12-5-8(10)11;8-4-1-7(2-5-9)3-6-10/h1-4H,5H2,(H,10,11);8-10H,1-6H2. The molecule has 0 fully saturated rings. The smallest absolute Gasteiger partial charge is 0.341 e. The van der Waals surface area contributed by atoms with Gasteiger partial charge in [0.15, 0.2) is 18.2 Å². The molecule has 1 rings (SSSR count). The van der Waals surface area contributed by atoms with Gasteiger partial charge in [-0.15, -0.1) is 0 Å². The van der Waals surface area contributed by atoms with E-state index in [1.807, 2.05) is 0 Å². The van der Waals surface area contributed by atoms with Crippen molar-refractivity contribution in [3.8, 4) is 5.75 Å². The van der Waals surface area contributed by atoms with Crippen LogP contribution in [0.3, 0.4) is 0 Å². The minimum Gasteiger partial charge on any atom is -0.479 e. The van der Waals surface area contributed by atoms with Crippen LogP contribution in [0.1, 0.15) is 0 Å². The van der Waals surface area contributed by atoms with E-state index in [2.05, 4.69) is 4.74 Å². The van der Waals surface area contributed by atoms with E-state index in [0.29, 0.717) is 19.6 Å². The van der Waals surface area contributed by atoms with E-state index in [4.69, 9.17) is 20.4 Å². The molecule has 0 aliphatic heterocycles. The molecule has 7 nitrogen and oxygen atoms in total. The van der Waals surface area contributed by atoms with Gasteiger partial charge in [0.2, 0.25) is 0 Å². The Bertz CT molecular complexity index is 404. The van der Waals surface area contributed by atoms with Crippen molar-refractivity contribution >= 4 is 5.97 Å². The summed E-state index contributed by atoms with van der Waals surface area (Å²) in [7, 11) is 0. The summed E-state index contributed by atoms with van der Waals surface area (Å²) in [6, 6.07) is 5.65. The van der Waals surface area contributed by atoms with Gasteiger partial charge in [-0.25, -0.2) is 9.18 Å². The summed E-state index contributed by atoms with van der Waals surface area (Å²) in [5, 5.41) is 33.7. The Kier molecular flexibility index (Phi) is 11.9. The van der Waals surface area contributed by atoms with Crippen molar-refractivity contribution in [2.45, 2.75) is 0 Å². The lowest BCUT2D eigenvalue weighted by molar-refractivity contribution is -0.139. The molecule has 0 aliphatic carbocycles. The maximum Gasteiger partial charge on any atom is 0.341 e. The Hall–Kier alpha value is -1.74. The Morgan fingerprint density at radius 2 is 1.55 bits per heavy atom. The van der Waals surface area contributed by atoms with Gasteiger partial charge in [0, 0.05) is 19.6 Å². The van der Waals surface area contributed by atoms with Crippen molar-refractivity contribution in [1.82, 2.24) is 4.90 Å². The van der Waals surface area contributed by atoms with Crippen LogP contribution in [0.15, 0.2) is 24.3 Å². The summed E-state index contributed by atoms with van der Waals surface area (Å²) in [4.78, 5) is 11.8. The van der Waals surface area contributed by atoms with Crippen LogP contribution < -0.4 is 4.74 Å². The molecule has 0 saturated carbocycles. The molecule has 8 heteroatoms. The van der Waals surface area contributed by atoms with Crippen LogP contribution in [0.25, 0.3) is 0 Å². The minimum absolute atomic E-state index is 0.0418. The number of benzene rings is 1. The maximum atomic E-state index is 12.7. The third-order valence-electron chi connectivity index (χ3n) is 2.44. The number of halogens is 1. The number of hydrogen-bond donors (Lipinski definition) is 4. The van der Waals surface area contributed by atoms with E-state index in [1.54, 1.807) is 11.0 Å². The molecule has 0 unspecified atom stereocenters. The van der Waals surface area contributed by atoms with Crippen LogP contribution in [-0.4, -0.2) is 77.4 Å². The largest absolute Gasteiger partial charge is 0.479 e. The second-order valence-corrected chi connectivity index (χ2v) is 4.13. The molecule has 0 atom stereocenters. The number of hydrogen-bond acceptors (Lipinski definition) is 6. The zero-order valence-electron chi connectivity index (χ0n) is 12.2. The molecule has 4 N–H and O–H groups in total. The Labute approximate surface area is 128 Å². The van der Waals surface area contributed by atoms with Crippen molar-refractivity contribution in [2.75, 3.05) is 46.1 Å². The van der Waals surface area contributed by atoms with E-state index in [9.17, 15) is 9.18 Å². The molecule has 126 valence electrons. The number of aliphatic hydroxyl groups is 3. The Morgan fingerprint density at radius 3 is 1.95 bits per heavy atom. The molecule has 0 bridgehead atoms. The average Bonchev–Trinajstić information content (AvgIpc) is 2.48. The molecule has 22 heavy (non-hydrogen) atoms. The van der Waals surface area contributed by atoms with Crippen molar-refractivity contribution in [1.29, 1.82) is 0 Å². The van der Waals surface area contributed by atoms with Crippen molar-refractivity contribution in [3.05, 3.63) is 30.1 Å². The molecule has 1 aromatic carbocycles. The molecular formula is C14H22FNO6. The number of nitrogens with zero attached hydrogens (tertiary/aromatic N) is 1. The SMILES string of the molecule is O=C(O)COc1ccccc1F.OCCN(CCO)CCO. The van der Waals surface area contributed by atoms with Crippen molar-refractivity contribution in [3.63, 3.8) is 0 Å². The van der Waals surface area contributed by atoms with E-state index in [0.717, 1.165) is 0 Å². The lowest BCUT2D eigenvalue weighted by Gasteiger charge is -2.17. The van der Waals surface area contributed by atoms with E-state index >= 15 is 0 Å². The fraction of sp³-hybridized carbons (Fsp3) is 0.500. The highest BCUT2D eigenvalue weighted by Gasteiger charge is 2.03. The first kappa shape index (κ1) is 20.3. The molecule has 0 saturated heterocycles. The average molecular weight is 319 g/mol. The highest BCUT2D eigenvalue weighted by Crippen LogP contribution is 2.14. The molecular weight excluding hydrogens is 297 g/mol. The number of carbonyl (C=O) groups is 1. The second-order valence-electron chi connectivity index (χ2n) is 4.13. The van der Waals surface area contributed by atoms with E-state index < -0.39 is 18.4 Å². The predicted molar refractivity (Wildman–Crippen MR) is 77.2 cm³/mol. The van der Waals surface area contributed by atoms with Gasteiger partial charge in [-0.1, -0.05) is 12.1 Å². The monoisotopic (exact) mass is 319 g/mol. The summed E-state index contributed by atoms with van der Waals surface area (Å²) in [6.45, 7) is 1.23. The number of para-hydroxylation sites is 1. The maximum absolute atomic E-state index is 12.7. The minimum atomic E-state index is -1.13. The summed E-state index contributed by atoms with van der Waals surface area (Å²) < 4.78 is 17.3. The number of ether oxygens (including phenoxy) is 1. The quantitative estimate of drug-likeness (QED) is 0.488. The Balaban J connectivity index is 0.000000409. The predicted octanol–water partition coefficient (Wildman–Crippen LogP) is -0.446. The highest BCUT2D eigenvalue weighted by atomic mass is 19.1. The van der Waals surface area contributed by atoms with Crippen LogP contribution in [0.4, 0.5) is 4.39 Å². The lowest BCUT2D eigenvalue weighted by atomic mass is 10.3. The molecule has 0 amide bonds. The van der Waals surface area contributed by atoms with Gasteiger partial charge in [0.1, 0.15) is 0 Å². The van der Waals surface area contributed by atoms with Crippen molar-refractivity contribution in [2.24, 2.45) is 0 Å².